The van der Waals surface area contributed by atoms with Crippen LogP contribution < -0.4 is 15.0 Å². The van der Waals surface area contributed by atoms with Crippen LogP contribution in [0.5, 0.6) is 5.75 Å². The summed E-state index contributed by atoms with van der Waals surface area (Å²) in [5, 5.41) is 2.89. The number of urea groups is 1. The van der Waals surface area contributed by atoms with E-state index in [4.69, 9.17) is 4.74 Å². The molecular weight excluding hydrogens is 459 g/mol. The van der Waals surface area contributed by atoms with E-state index >= 15 is 0 Å². The molecule has 1 N–H and O–H groups in total. The molecule has 0 bridgehead atoms. The van der Waals surface area contributed by atoms with Gasteiger partial charge in [-0.05, 0) is 50.2 Å². The number of ether oxygens (including phenoxy) is 1. The van der Waals surface area contributed by atoms with Crippen molar-refractivity contribution in [2.24, 2.45) is 0 Å². The predicted molar refractivity (Wildman–Crippen MR) is 128 cm³/mol. The maximum atomic E-state index is 13.1. The molecule has 1 aliphatic rings. The number of aromatic nitrogens is 2. The quantitative estimate of drug-likeness (QED) is 0.536. The lowest BCUT2D eigenvalue weighted by molar-refractivity contribution is -0.137. The van der Waals surface area contributed by atoms with Crippen molar-refractivity contribution in [3.05, 3.63) is 65.9 Å². The third-order valence-corrected chi connectivity index (χ3v) is 5.60. The standard InChI is InChI=1S/C25H26F3N5O2/c1-3-35-21-9-7-20(8-10-21)30-24(34)33-13-11-32(12-14-33)22-15-17(2)29-23(31-22)18-5-4-6-19(16-18)25(26,27)28/h4-10,15-16H,3,11-14H2,1-2H3,(H,30,34). The molecule has 1 fully saturated rings. The van der Waals surface area contributed by atoms with E-state index in [1.165, 1.54) is 6.07 Å². The second kappa shape index (κ2) is 10.2. The molecule has 0 unspecified atom stereocenters. The highest BCUT2D eigenvalue weighted by molar-refractivity contribution is 5.89. The summed E-state index contributed by atoms with van der Waals surface area (Å²) in [5.74, 6) is 1.60. The lowest BCUT2D eigenvalue weighted by Crippen LogP contribution is -2.50. The van der Waals surface area contributed by atoms with Crippen molar-refractivity contribution in [1.29, 1.82) is 0 Å². The van der Waals surface area contributed by atoms with Crippen LogP contribution in [0.3, 0.4) is 0 Å². The number of alkyl halides is 3. The minimum absolute atomic E-state index is 0.197. The minimum Gasteiger partial charge on any atom is -0.494 e. The summed E-state index contributed by atoms with van der Waals surface area (Å²) in [6.07, 6.45) is -4.44. The maximum absolute atomic E-state index is 13.1. The molecule has 0 aliphatic carbocycles. The summed E-state index contributed by atoms with van der Waals surface area (Å²) in [6.45, 7) is 6.29. The lowest BCUT2D eigenvalue weighted by atomic mass is 10.1. The van der Waals surface area contributed by atoms with E-state index in [2.05, 4.69) is 15.3 Å². The van der Waals surface area contributed by atoms with E-state index in [0.29, 0.717) is 55.5 Å². The first-order chi connectivity index (χ1) is 16.7. The van der Waals surface area contributed by atoms with Crippen LogP contribution >= 0.6 is 0 Å². The third kappa shape index (κ3) is 6.00. The highest BCUT2D eigenvalue weighted by Gasteiger charge is 2.31. The first-order valence-corrected chi connectivity index (χ1v) is 11.3. The van der Waals surface area contributed by atoms with Crippen molar-refractivity contribution in [3.63, 3.8) is 0 Å². The number of anilines is 2. The van der Waals surface area contributed by atoms with E-state index in [1.807, 2.05) is 11.8 Å². The first-order valence-electron chi connectivity index (χ1n) is 11.3. The summed E-state index contributed by atoms with van der Waals surface area (Å²) in [7, 11) is 0. The highest BCUT2D eigenvalue weighted by Crippen LogP contribution is 2.32. The van der Waals surface area contributed by atoms with E-state index < -0.39 is 11.7 Å². The Kier molecular flexibility index (Phi) is 7.09. The molecule has 0 atom stereocenters. The van der Waals surface area contributed by atoms with E-state index in [9.17, 15) is 18.0 Å². The SMILES string of the molecule is CCOc1ccc(NC(=O)N2CCN(c3cc(C)nc(-c4cccc(C(F)(F)F)c4)n3)CC2)cc1. The summed E-state index contributed by atoms with van der Waals surface area (Å²) < 4.78 is 44.8. The van der Waals surface area contributed by atoms with Gasteiger partial charge < -0.3 is 19.9 Å². The second-order valence-electron chi connectivity index (χ2n) is 8.13. The van der Waals surface area contributed by atoms with Crippen molar-refractivity contribution in [2.75, 3.05) is 43.0 Å². The van der Waals surface area contributed by atoms with Gasteiger partial charge in [-0.2, -0.15) is 13.2 Å². The second-order valence-corrected chi connectivity index (χ2v) is 8.13. The van der Waals surface area contributed by atoms with Gasteiger partial charge >= 0.3 is 12.2 Å². The monoisotopic (exact) mass is 485 g/mol. The highest BCUT2D eigenvalue weighted by atomic mass is 19.4. The van der Waals surface area contributed by atoms with Gasteiger partial charge in [0.1, 0.15) is 11.6 Å². The van der Waals surface area contributed by atoms with Crippen LogP contribution in [0, 0.1) is 6.92 Å². The van der Waals surface area contributed by atoms with Crippen LogP contribution in [0.4, 0.5) is 29.5 Å². The van der Waals surface area contributed by atoms with Crippen molar-refractivity contribution in [1.82, 2.24) is 14.9 Å². The Bertz CT molecular complexity index is 1180. The molecule has 1 saturated heterocycles. The number of nitrogens with zero attached hydrogens (tertiary/aromatic N) is 4. The molecule has 2 amide bonds. The largest absolute Gasteiger partial charge is 0.494 e. The number of nitrogens with one attached hydrogen (secondary N) is 1. The van der Waals surface area contributed by atoms with Gasteiger partial charge in [-0.25, -0.2) is 14.8 Å². The fraction of sp³-hybridized carbons (Fsp3) is 0.320. The number of piperazine rings is 1. The Morgan fingerprint density at radius 1 is 1.03 bits per heavy atom. The van der Waals surface area contributed by atoms with Crippen molar-refractivity contribution < 1.29 is 22.7 Å². The smallest absolute Gasteiger partial charge is 0.416 e. The Labute approximate surface area is 201 Å². The maximum Gasteiger partial charge on any atom is 0.416 e. The van der Waals surface area contributed by atoms with E-state index in [1.54, 1.807) is 48.2 Å². The average molecular weight is 486 g/mol. The van der Waals surface area contributed by atoms with Crippen LogP contribution in [0.15, 0.2) is 54.6 Å². The van der Waals surface area contributed by atoms with E-state index in [0.717, 1.165) is 17.9 Å². The lowest BCUT2D eigenvalue weighted by Gasteiger charge is -2.35. The molecular formula is C25H26F3N5O2. The van der Waals surface area contributed by atoms with Gasteiger partial charge in [-0.15, -0.1) is 0 Å². The summed E-state index contributed by atoms with van der Waals surface area (Å²) in [4.78, 5) is 25.3. The zero-order valence-electron chi connectivity index (χ0n) is 19.5. The number of halogens is 3. The summed E-state index contributed by atoms with van der Waals surface area (Å²) in [6, 6.07) is 13.8. The molecule has 1 aliphatic heterocycles. The van der Waals surface area contributed by atoms with Gasteiger partial charge in [-0.3, -0.25) is 0 Å². The summed E-state index contributed by atoms with van der Waals surface area (Å²) >= 11 is 0. The minimum atomic E-state index is -4.44. The molecule has 4 rings (SSSR count). The molecule has 10 heteroatoms. The molecule has 2 heterocycles. The van der Waals surface area contributed by atoms with Gasteiger partial charge in [0, 0.05) is 49.2 Å². The van der Waals surface area contributed by atoms with Gasteiger partial charge in [-0.1, -0.05) is 12.1 Å². The molecule has 2 aromatic carbocycles. The summed E-state index contributed by atoms with van der Waals surface area (Å²) in [5.41, 5.74) is 0.892. The van der Waals surface area contributed by atoms with Gasteiger partial charge in [0.05, 0.1) is 12.2 Å². The predicted octanol–water partition coefficient (Wildman–Crippen LogP) is 5.22. The molecule has 184 valence electrons. The molecule has 3 aromatic rings. The van der Waals surface area contributed by atoms with Gasteiger partial charge in [0.2, 0.25) is 0 Å². The Morgan fingerprint density at radius 2 is 1.74 bits per heavy atom. The number of hydrogen-bond acceptors (Lipinski definition) is 5. The number of amides is 2. The van der Waals surface area contributed by atoms with Crippen molar-refractivity contribution >= 4 is 17.5 Å². The average Bonchev–Trinajstić information content (AvgIpc) is 2.85. The molecule has 0 spiro atoms. The Hall–Kier alpha value is -3.82. The number of rotatable bonds is 5. The van der Waals surface area contributed by atoms with Crippen LogP contribution in [0.25, 0.3) is 11.4 Å². The zero-order valence-corrected chi connectivity index (χ0v) is 19.5. The molecule has 7 nitrogen and oxygen atoms in total. The fourth-order valence-corrected chi connectivity index (χ4v) is 3.82. The zero-order chi connectivity index (χ0) is 25.0. The van der Waals surface area contributed by atoms with Gasteiger partial charge in [0.25, 0.3) is 0 Å². The molecule has 35 heavy (non-hydrogen) atoms. The number of hydrogen-bond donors (Lipinski definition) is 1. The van der Waals surface area contributed by atoms with Crippen LogP contribution in [0.1, 0.15) is 18.2 Å². The number of benzene rings is 2. The number of carbonyl (C=O) groups excluding carboxylic acids is 1. The molecule has 0 radical (unpaired) electrons. The van der Waals surface area contributed by atoms with Crippen molar-refractivity contribution in [3.8, 4) is 17.1 Å². The third-order valence-electron chi connectivity index (χ3n) is 5.60. The van der Waals surface area contributed by atoms with Crippen LogP contribution in [0.2, 0.25) is 0 Å². The fourth-order valence-electron chi connectivity index (χ4n) is 3.82. The van der Waals surface area contributed by atoms with Crippen molar-refractivity contribution in [2.45, 2.75) is 20.0 Å². The molecule has 0 saturated carbocycles. The van der Waals surface area contributed by atoms with Crippen LogP contribution in [-0.2, 0) is 6.18 Å². The van der Waals surface area contributed by atoms with Gasteiger partial charge in [0.15, 0.2) is 5.82 Å². The first kappa shape index (κ1) is 24.3. The topological polar surface area (TPSA) is 70.6 Å². The van der Waals surface area contributed by atoms with Crippen LogP contribution in [-0.4, -0.2) is 53.7 Å². The number of aryl methyl sites for hydroxylation is 1. The Morgan fingerprint density at radius 3 is 2.40 bits per heavy atom. The Balaban J connectivity index is 1.41. The molecule has 1 aromatic heterocycles. The number of carbonyl (C=O) groups is 1. The normalized spacial score (nSPS) is 14.1. The van der Waals surface area contributed by atoms with E-state index in [-0.39, 0.29) is 11.9 Å².